The van der Waals surface area contributed by atoms with E-state index in [1.807, 2.05) is 42.5 Å². The van der Waals surface area contributed by atoms with Crippen LogP contribution in [0.2, 0.25) is 0 Å². The van der Waals surface area contributed by atoms with Gasteiger partial charge in [0.2, 0.25) is 0 Å². The summed E-state index contributed by atoms with van der Waals surface area (Å²) in [5, 5.41) is 41.2. The first kappa shape index (κ1) is 23.8. The first-order valence-electron chi connectivity index (χ1n) is 11.4. The van der Waals surface area contributed by atoms with Crippen LogP contribution in [-0.4, -0.2) is 27.5 Å². The zero-order chi connectivity index (χ0) is 24.8. The number of rotatable bonds is 8. The minimum absolute atomic E-state index is 0.0156. The van der Waals surface area contributed by atoms with Crippen molar-refractivity contribution in [2.75, 3.05) is 7.11 Å². The topological polar surface area (TPSA) is 90.2 Å². The van der Waals surface area contributed by atoms with Gasteiger partial charge in [-0.25, -0.2) is 0 Å². The van der Waals surface area contributed by atoms with E-state index in [9.17, 15) is 20.4 Å². The third-order valence-electron chi connectivity index (χ3n) is 6.04. The van der Waals surface area contributed by atoms with Crippen LogP contribution in [0.1, 0.15) is 40.2 Å². The molecule has 0 aliphatic rings. The molecule has 0 radical (unpaired) electrons. The Morgan fingerprint density at radius 1 is 0.714 bits per heavy atom. The van der Waals surface area contributed by atoms with E-state index in [1.54, 1.807) is 61.7 Å². The highest BCUT2D eigenvalue weighted by Crippen LogP contribution is 2.42. The van der Waals surface area contributed by atoms with E-state index in [1.165, 1.54) is 0 Å². The van der Waals surface area contributed by atoms with Crippen molar-refractivity contribution < 1.29 is 25.2 Å². The number of methoxy groups -OCH3 is 1. The van der Waals surface area contributed by atoms with Crippen molar-refractivity contribution in [2.45, 2.75) is 18.8 Å². The summed E-state index contributed by atoms with van der Waals surface area (Å²) in [7, 11) is 1.56. The molecule has 4 rings (SSSR count). The molecular weight excluding hydrogens is 440 g/mol. The van der Waals surface area contributed by atoms with Gasteiger partial charge in [0.1, 0.15) is 28.7 Å². The summed E-state index contributed by atoms with van der Waals surface area (Å²) in [5.74, 6) is 0.698. The molecule has 4 aromatic rings. The third-order valence-corrected chi connectivity index (χ3v) is 6.04. The van der Waals surface area contributed by atoms with E-state index in [0.29, 0.717) is 29.7 Å². The van der Waals surface area contributed by atoms with E-state index in [2.05, 4.69) is 0 Å². The molecular formula is C30H28O5. The van der Waals surface area contributed by atoms with E-state index in [0.717, 1.165) is 16.7 Å². The number of aromatic hydroxyl groups is 4. The van der Waals surface area contributed by atoms with Gasteiger partial charge < -0.3 is 25.2 Å². The van der Waals surface area contributed by atoms with E-state index in [4.69, 9.17) is 4.74 Å². The molecule has 5 heteroatoms. The van der Waals surface area contributed by atoms with Gasteiger partial charge in [-0.3, -0.25) is 0 Å². The highest BCUT2D eigenvalue weighted by atomic mass is 16.5. The van der Waals surface area contributed by atoms with Gasteiger partial charge in [-0.15, -0.1) is 0 Å². The molecule has 35 heavy (non-hydrogen) atoms. The van der Waals surface area contributed by atoms with Crippen molar-refractivity contribution in [1.29, 1.82) is 0 Å². The maximum absolute atomic E-state index is 11.0. The summed E-state index contributed by atoms with van der Waals surface area (Å²) in [6.45, 7) is 0. The van der Waals surface area contributed by atoms with Crippen LogP contribution in [-0.2, 0) is 6.42 Å². The lowest BCUT2D eigenvalue weighted by molar-refractivity contribution is 0.401. The summed E-state index contributed by atoms with van der Waals surface area (Å²) in [6.07, 6.45) is 4.87. The Morgan fingerprint density at radius 2 is 1.34 bits per heavy atom. The van der Waals surface area contributed by atoms with Crippen molar-refractivity contribution >= 4 is 12.2 Å². The van der Waals surface area contributed by atoms with E-state index in [-0.39, 0.29) is 28.9 Å². The molecule has 0 heterocycles. The first-order chi connectivity index (χ1) is 16.9. The molecule has 0 bridgehead atoms. The van der Waals surface area contributed by atoms with Crippen LogP contribution in [0.4, 0.5) is 0 Å². The molecule has 4 N–H and O–H groups in total. The fraction of sp³-hybridized carbons (Fsp3) is 0.133. The van der Waals surface area contributed by atoms with Crippen LogP contribution in [0.3, 0.4) is 0 Å². The molecule has 0 spiro atoms. The number of aryl methyl sites for hydroxylation is 1. The van der Waals surface area contributed by atoms with Gasteiger partial charge in [-0.05, 0) is 65.4 Å². The Kier molecular flexibility index (Phi) is 7.27. The van der Waals surface area contributed by atoms with Gasteiger partial charge in [-0.1, -0.05) is 60.7 Å². The second-order valence-electron chi connectivity index (χ2n) is 8.40. The van der Waals surface area contributed by atoms with Crippen LogP contribution >= 0.6 is 0 Å². The molecule has 0 saturated heterocycles. The second-order valence-corrected chi connectivity index (χ2v) is 8.40. The Balaban J connectivity index is 1.65. The average molecular weight is 469 g/mol. The summed E-state index contributed by atoms with van der Waals surface area (Å²) < 4.78 is 5.42. The quantitative estimate of drug-likeness (QED) is 0.223. The maximum Gasteiger partial charge on any atom is 0.125 e. The number of benzene rings is 4. The number of phenolic OH excluding ortho intramolecular Hbond substituents is 4. The molecule has 1 unspecified atom stereocenters. The third kappa shape index (κ3) is 5.76. The van der Waals surface area contributed by atoms with Crippen LogP contribution in [0.15, 0.2) is 84.9 Å². The van der Waals surface area contributed by atoms with Crippen LogP contribution < -0.4 is 4.74 Å². The van der Waals surface area contributed by atoms with Crippen LogP contribution in [0, 0.1) is 0 Å². The number of ether oxygens (including phenoxy) is 1. The summed E-state index contributed by atoms with van der Waals surface area (Å²) in [6, 6.07) is 24.9. The second kappa shape index (κ2) is 10.7. The fourth-order valence-corrected chi connectivity index (χ4v) is 4.28. The lowest BCUT2D eigenvalue weighted by atomic mass is 9.84. The number of hydrogen-bond acceptors (Lipinski definition) is 5. The molecule has 0 aromatic heterocycles. The summed E-state index contributed by atoms with van der Waals surface area (Å²) in [4.78, 5) is 0. The lowest BCUT2D eigenvalue weighted by Crippen LogP contribution is -2.05. The van der Waals surface area contributed by atoms with E-state index < -0.39 is 0 Å². The van der Waals surface area contributed by atoms with Gasteiger partial charge in [0.15, 0.2) is 0 Å². The first-order valence-corrected chi connectivity index (χ1v) is 11.4. The predicted molar refractivity (Wildman–Crippen MR) is 138 cm³/mol. The summed E-state index contributed by atoms with van der Waals surface area (Å²) in [5.41, 5.74) is 3.91. The minimum atomic E-state index is -0.259. The Labute approximate surface area is 204 Å². The van der Waals surface area contributed by atoms with Gasteiger partial charge in [-0.2, -0.15) is 0 Å². The monoisotopic (exact) mass is 468 g/mol. The van der Waals surface area contributed by atoms with Gasteiger partial charge >= 0.3 is 0 Å². The molecule has 0 fully saturated rings. The standard InChI is InChI=1S/C30H28O5/c1-35-29-19-25(32)15-11-23(29)12-16-26(22-5-3-2-4-6-22)30-27(33)17-21(18-28(30)34)8-7-20-9-13-24(31)14-10-20/h2-11,13-15,17-19,26,31-34H,12,16H2,1H3/b8-7+. The molecule has 4 aromatic carbocycles. The smallest absolute Gasteiger partial charge is 0.125 e. The SMILES string of the molecule is COc1cc(O)ccc1CCC(c1ccccc1)c1c(O)cc(/C=C/c2ccc(O)cc2)cc1O. The molecule has 178 valence electrons. The average Bonchev–Trinajstić information content (AvgIpc) is 2.86. The molecule has 5 nitrogen and oxygen atoms in total. The van der Waals surface area contributed by atoms with Crippen molar-refractivity contribution in [3.05, 3.63) is 113 Å². The largest absolute Gasteiger partial charge is 0.508 e. The fourth-order valence-electron chi connectivity index (χ4n) is 4.28. The molecule has 1 atom stereocenters. The molecule has 0 amide bonds. The highest BCUT2D eigenvalue weighted by molar-refractivity contribution is 5.72. The summed E-state index contributed by atoms with van der Waals surface area (Å²) >= 11 is 0. The van der Waals surface area contributed by atoms with Gasteiger partial charge in [0, 0.05) is 17.5 Å². The van der Waals surface area contributed by atoms with Gasteiger partial charge in [0.25, 0.3) is 0 Å². The highest BCUT2D eigenvalue weighted by Gasteiger charge is 2.23. The van der Waals surface area contributed by atoms with Crippen LogP contribution in [0.25, 0.3) is 12.2 Å². The van der Waals surface area contributed by atoms with Crippen molar-refractivity contribution in [3.8, 4) is 28.7 Å². The van der Waals surface area contributed by atoms with Crippen molar-refractivity contribution in [1.82, 2.24) is 0 Å². The van der Waals surface area contributed by atoms with Crippen molar-refractivity contribution in [2.24, 2.45) is 0 Å². The van der Waals surface area contributed by atoms with Gasteiger partial charge in [0.05, 0.1) is 7.11 Å². The Hall–Kier alpha value is -4.38. The predicted octanol–water partition coefficient (Wildman–Crippen LogP) is 6.45. The Morgan fingerprint density at radius 3 is 2.00 bits per heavy atom. The number of phenols is 4. The molecule has 0 aliphatic carbocycles. The zero-order valence-corrected chi connectivity index (χ0v) is 19.4. The zero-order valence-electron chi connectivity index (χ0n) is 19.4. The maximum atomic E-state index is 11.0. The van der Waals surface area contributed by atoms with Crippen LogP contribution in [0.5, 0.6) is 28.7 Å². The molecule has 0 aliphatic heterocycles. The minimum Gasteiger partial charge on any atom is -0.508 e. The molecule has 0 saturated carbocycles. The van der Waals surface area contributed by atoms with E-state index >= 15 is 0 Å². The van der Waals surface area contributed by atoms with Crippen molar-refractivity contribution in [3.63, 3.8) is 0 Å². The number of hydrogen-bond donors (Lipinski definition) is 4. The lowest BCUT2D eigenvalue weighted by Gasteiger charge is -2.21. The normalized spacial score (nSPS) is 12.0. The Bertz CT molecular complexity index is 1290.